The van der Waals surface area contributed by atoms with Crippen LogP contribution in [0, 0.1) is 0 Å². The third kappa shape index (κ3) is 2.25. The molecule has 2 rings (SSSR count). The van der Waals surface area contributed by atoms with Crippen LogP contribution in [-0.4, -0.2) is 24.1 Å². The topological polar surface area (TPSA) is 42.0 Å². The van der Waals surface area contributed by atoms with E-state index in [-0.39, 0.29) is 19.0 Å². The van der Waals surface area contributed by atoms with Crippen LogP contribution < -0.4 is 4.74 Å². The molecular formula is C11H14O3. The second-order valence-electron chi connectivity index (χ2n) is 3.45. The van der Waals surface area contributed by atoms with Gasteiger partial charge in [-0.1, -0.05) is 12.1 Å². The molecular weight excluding hydrogens is 180 g/mol. The van der Waals surface area contributed by atoms with Gasteiger partial charge in [0.25, 0.3) is 0 Å². The zero-order chi connectivity index (χ0) is 9.97. The Kier molecular flexibility index (Phi) is 2.70. The number of hydrogen-bond acceptors (Lipinski definition) is 3. The summed E-state index contributed by atoms with van der Waals surface area (Å²) in [6, 6.07) is 7.72. The van der Waals surface area contributed by atoms with E-state index < -0.39 is 0 Å². The summed E-state index contributed by atoms with van der Waals surface area (Å²) in [5.74, 6) is 0.820. The van der Waals surface area contributed by atoms with Crippen molar-refractivity contribution in [1.82, 2.24) is 0 Å². The Labute approximate surface area is 83.3 Å². The number of epoxide rings is 1. The third-order valence-corrected chi connectivity index (χ3v) is 2.23. The van der Waals surface area contributed by atoms with Gasteiger partial charge in [-0.15, -0.1) is 0 Å². The molecule has 0 saturated carbocycles. The Morgan fingerprint density at radius 2 is 2.00 bits per heavy atom. The summed E-state index contributed by atoms with van der Waals surface area (Å²) in [6.07, 6.45) is 0.835. The molecule has 2 atom stereocenters. The molecule has 1 fully saturated rings. The fourth-order valence-electron chi connectivity index (χ4n) is 1.29. The lowest BCUT2D eigenvalue weighted by atomic mass is 10.1. The van der Waals surface area contributed by atoms with Crippen LogP contribution in [0.25, 0.3) is 0 Å². The first kappa shape index (κ1) is 9.49. The number of aliphatic hydroxyl groups is 1. The molecule has 0 radical (unpaired) electrons. The van der Waals surface area contributed by atoms with Crippen molar-refractivity contribution < 1.29 is 14.6 Å². The summed E-state index contributed by atoms with van der Waals surface area (Å²) in [5, 5.41) is 8.73. The number of benzene rings is 1. The molecule has 1 saturated heterocycles. The van der Waals surface area contributed by atoms with Crippen molar-refractivity contribution in [2.45, 2.75) is 25.7 Å². The number of ether oxygens (including phenoxy) is 2. The van der Waals surface area contributed by atoms with E-state index in [1.165, 1.54) is 0 Å². The summed E-state index contributed by atoms with van der Waals surface area (Å²) in [7, 11) is 0. The summed E-state index contributed by atoms with van der Waals surface area (Å²) in [6.45, 7) is 2.16. The minimum absolute atomic E-state index is 0.0707. The average molecular weight is 194 g/mol. The maximum atomic E-state index is 8.73. The van der Waals surface area contributed by atoms with E-state index in [0.717, 1.165) is 11.3 Å². The fraction of sp³-hybridized carbons (Fsp3) is 0.455. The highest BCUT2D eigenvalue weighted by molar-refractivity contribution is 5.27. The fourth-order valence-corrected chi connectivity index (χ4v) is 1.29. The van der Waals surface area contributed by atoms with Crippen LogP contribution in [0.2, 0.25) is 0 Å². The van der Waals surface area contributed by atoms with Crippen LogP contribution in [0.4, 0.5) is 0 Å². The van der Waals surface area contributed by atoms with Crippen LogP contribution in [-0.2, 0) is 11.2 Å². The van der Waals surface area contributed by atoms with Gasteiger partial charge >= 0.3 is 0 Å². The van der Waals surface area contributed by atoms with E-state index in [4.69, 9.17) is 14.6 Å². The first-order valence-electron chi connectivity index (χ1n) is 4.81. The van der Waals surface area contributed by atoms with Crippen molar-refractivity contribution in [3.8, 4) is 5.75 Å². The molecule has 76 valence electrons. The van der Waals surface area contributed by atoms with Crippen molar-refractivity contribution in [3.05, 3.63) is 29.8 Å². The molecule has 3 nitrogen and oxygen atoms in total. The monoisotopic (exact) mass is 194 g/mol. The predicted molar refractivity (Wildman–Crippen MR) is 52.2 cm³/mol. The predicted octanol–water partition coefficient (Wildman–Crippen LogP) is 1.34. The molecule has 14 heavy (non-hydrogen) atoms. The molecule has 1 N–H and O–H groups in total. The average Bonchev–Trinajstić information content (AvgIpc) is 2.86. The summed E-state index contributed by atoms with van der Waals surface area (Å²) in [5.41, 5.74) is 1.12. The van der Waals surface area contributed by atoms with Gasteiger partial charge in [0.1, 0.15) is 11.9 Å². The van der Waals surface area contributed by atoms with Gasteiger partial charge in [0.2, 0.25) is 6.29 Å². The van der Waals surface area contributed by atoms with Gasteiger partial charge in [0.05, 0.1) is 0 Å². The maximum Gasteiger partial charge on any atom is 0.226 e. The van der Waals surface area contributed by atoms with Gasteiger partial charge in [-0.05, 0) is 31.0 Å². The van der Waals surface area contributed by atoms with Crippen LogP contribution in [0.3, 0.4) is 0 Å². The van der Waals surface area contributed by atoms with Gasteiger partial charge in [-0.2, -0.15) is 0 Å². The lowest BCUT2D eigenvalue weighted by Gasteiger charge is -2.03. The molecule has 1 heterocycles. The van der Waals surface area contributed by atoms with Crippen molar-refractivity contribution in [2.75, 3.05) is 6.61 Å². The van der Waals surface area contributed by atoms with Gasteiger partial charge < -0.3 is 14.6 Å². The van der Waals surface area contributed by atoms with Crippen molar-refractivity contribution in [2.24, 2.45) is 0 Å². The Hall–Kier alpha value is -1.06. The molecule has 0 aromatic heterocycles. The smallest absolute Gasteiger partial charge is 0.226 e. The van der Waals surface area contributed by atoms with Gasteiger partial charge in [0.15, 0.2) is 0 Å². The molecule has 0 spiro atoms. The zero-order valence-electron chi connectivity index (χ0n) is 8.14. The largest absolute Gasteiger partial charge is 0.462 e. The summed E-state index contributed by atoms with van der Waals surface area (Å²) in [4.78, 5) is 0. The minimum atomic E-state index is -0.0707. The number of rotatable bonds is 4. The summed E-state index contributed by atoms with van der Waals surface area (Å²) >= 11 is 0. The molecule has 3 heteroatoms. The van der Waals surface area contributed by atoms with E-state index >= 15 is 0 Å². The molecule has 1 aliphatic heterocycles. The highest BCUT2D eigenvalue weighted by atomic mass is 16.8. The quantitative estimate of drug-likeness (QED) is 0.735. The number of hydrogen-bond donors (Lipinski definition) is 1. The van der Waals surface area contributed by atoms with E-state index in [9.17, 15) is 0 Å². The van der Waals surface area contributed by atoms with E-state index in [1.807, 2.05) is 31.2 Å². The Balaban J connectivity index is 1.92. The van der Waals surface area contributed by atoms with Crippen molar-refractivity contribution in [3.63, 3.8) is 0 Å². The molecule has 1 aliphatic rings. The van der Waals surface area contributed by atoms with Gasteiger partial charge in [-0.25, -0.2) is 0 Å². The van der Waals surface area contributed by atoms with Crippen LogP contribution in [0.5, 0.6) is 5.75 Å². The first-order valence-corrected chi connectivity index (χ1v) is 4.81. The molecule has 2 unspecified atom stereocenters. The second kappa shape index (κ2) is 3.98. The molecule has 1 aromatic carbocycles. The van der Waals surface area contributed by atoms with Gasteiger partial charge in [-0.3, -0.25) is 0 Å². The SMILES string of the molecule is CC1OC1Oc1ccc(CCO)cc1. The Morgan fingerprint density at radius 1 is 1.36 bits per heavy atom. The van der Waals surface area contributed by atoms with E-state index in [1.54, 1.807) is 0 Å². The van der Waals surface area contributed by atoms with Crippen molar-refractivity contribution in [1.29, 1.82) is 0 Å². The number of aliphatic hydroxyl groups excluding tert-OH is 1. The van der Waals surface area contributed by atoms with E-state index in [2.05, 4.69) is 0 Å². The molecule has 0 amide bonds. The normalized spacial score (nSPS) is 24.7. The third-order valence-electron chi connectivity index (χ3n) is 2.23. The first-order chi connectivity index (χ1) is 6.79. The molecule has 0 aliphatic carbocycles. The van der Waals surface area contributed by atoms with Crippen LogP contribution in [0.1, 0.15) is 12.5 Å². The van der Waals surface area contributed by atoms with E-state index in [0.29, 0.717) is 6.42 Å². The van der Waals surface area contributed by atoms with Crippen LogP contribution >= 0.6 is 0 Å². The zero-order valence-corrected chi connectivity index (χ0v) is 8.14. The Morgan fingerprint density at radius 3 is 2.50 bits per heavy atom. The lowest BCUT2D eigenvalue weighted by Crippen LogP contribution is -2.01. The molecule has 1 aromatic rings. The highest BCUT2D eigenvalue weighted by Crippen LogP contribution is 2.25. The standard InChI is InChI=1S/C11H14O3/c1-8-11(13-8)14-10-4-2-9(3-5-10)6-7-12/h2-5,8,11-12H,6-7H2,1H3. The Bertz CT molecular complexity index is 294. The summed E-state index contributed by atoms with van der Waals surface area (Å²) < 4.78 is 10.6. The second-order valence-corrected chi connectivity index (χ2v) is 3.45. The van der Waals surface area contributed by atoms with Gasteiger partial charge in [0, 0.05) is 6.61 Å². The maximum absolute atomic E-state index is 8.73. The van der Waals surface area contributed by atoms with Crippen LogP contribution in [0.15, 0.2) is 24.3 Å². The highest BCUT2D eigenvalue weighted by Gasteiger charge is 2.36. The lowest BCUT2D eigenvalue weighted by molar-refractivity contribution is 0.178. The van der Waals surface area contributed by atoms with Crippen molar-refractivity contribution >= 4 is 0 Å². The minimum Gasteiger partial charge on any atom is -0.462 e. The molecule has 0 bridgehead atoms.